The van der Waals surface area contributed by atoms with Crippen molar-refractivity contribution in [1.82, 2.24) is 0 Å². The number of rotatable bonds is 5. The van der Waals surface area contributed by atoms with Gasteiger partial charge in [0.2, 0.25) is 0 Å². The molecular weight excluding hydrogens is 326 g/mol. The molecule has 0 spiro atoms. The van der Waals surface area contributed by atoms with E-state index in [2.05, 4.69) is 13.6 Å². The molecule has 20 heavy (non-hydrogen) atoms. The largest absolute Gasteiger partial charge is 0.790 e. The lowest BCUT2D eigenvalue weighted by atomic mass is 10.00. The minimum atomic E-state index is -5.92. The highest BCUT2D eigenvalue weighted by Gasteiger charge is 2.45. The van der Waals surface area contributed by atoms with E-state index < -0.39 is 53.0 Å². The first-order valence-corrected chi connectivity index (χ1v) is 7.92. The van der Waals surface area contributed by atoms with Crippen LogP contribution in [0.2, 0.25) is 0 Å². The van der Waals surface area contributed by atoms with Crippen molar-refractivity contribution in [3.05, 3.63) is 0 Å². The minimum absolute atomic E-state index is 0.865. The van der Waals surface area contributed by atoms with Crippen LogP contribution in [0.15, 0.2) is 0 Å². The molecule has 0 bridgehead atoms. The van der Waals surface area contributed by atoms with Crippen molar-refractivity contribution < 1.29 is 57.8 Å². The predicted octanol–water partition coefficient (Wildman–Crippen LogP) is -4.88. The van der Waals surface area contributed by atoms with E-state index >= 15 is 0 Å². The molecule has 0 aromatic rings. The fraction of sp³-hybridized carbons (Fsp3) is 1.00. The zero-order valence-corrected chi connectivity index (χ0v) is 11.3. The first-order valence-electron chi connectivity index (χ1n) is 5.00. The molecule has 1 rings (SSSR count). The second kappa shape index (κ2) is 6.44. The predicted molar refractivity (Wildman–Crippen MR) is 51.2 cm³/mol. The van der Waals surface area contributed by atoms with Gasteiger partial charge in [0.25, 0.3) is 7.82 Å². The van der Waals surface area contributed by atoms with E-state index in [-0.39, 0.29) is 0 Å². The highest BCUT2D eigenvalue weighted by molar-refractivity contribution is 7.58. The van der Waals surface area contributed by atoms with Crippen LogP contribution in [0.1, 0.15) is 0 Å². The van der Waals surface area contributed by atoms with Gasteiger partial charge in [-0.25, -0.2) is 0 Å². The molecule has 1 aliphatic heterocycles. The highest BCUT2D eigenvalue weighted by Crippen LogP contribution is 2.52. The Bertz CT molecular complexity index is 418. The van der Waals surface area contributed by atoms with Crippen LogP contribution in [0.3, 0.4) is 0 Å². The molecule has 6 atom stereocenters. The van der Waals surface area contributed by atoms with Crippen molar-refractivity contribution in [1.29, 1.82) is 0 Å². The Morgan fingerprint density at radius 1 is 1.05 bits per heavy atom. The monoisotopic (exact) mass is 337 g/mol. The maximum Gasteiger partial charge on any atom is 0.274 e. The van der Waals surface area contributed by atoms with Gasteiger partial charge in [0.05, 0.1) is 14.4 Å². The molecule has 0 radical (unpaired) electrons. The SMILES string of the molecule is O=P([O-])([O-])OP(=O)([O-])O[C@H]1O[C@H](CO)C(O)[C@H](O)[C@H]1O. The molecule has 0 saturated carbocycles. The Morgan fingerprint density at radius 3 is 2.05 bits per heavy atom. The van der Waals surface area contributed by atoms with Gasteiger partial charge in [0.15, 0.2) is 6.29 Å². The number of hydrogen-bond acceptors (Lipinski definition) is 12. The van der Waals surface area contributed by atoms with E-state index in [0.29, 0.717) is 0 Å². The average Bonchev–Trinajstić information content (AvgIpc) is 2.26. The van der Waals surface area contributed by atoms with Crippen molar-refractivity contribution in [3.8, 4) is 0 Å². The molecule has 1 fully saturated rings. The van der Waals surface area contributed by atoms with Crippen LogP contribution in [0.25, 0.3) is 0 Å². The van der Waals surface area contributed by atoms with Gasteiger partial charge in [-0.05, 0) is 0 Å². The first kappa shape index (κ1) is 18.1. The van der Waals surface area contributed by atoms with E-state index in [9.17, 15) is 39.1 Å². The second-order valence-corrected chi connectivity index (χ2v) is 6.43. The number of hydrogen-bond donors (Lipinski definition) is 4. The number of phosphoric ester groups is 1. The molecule has 1 saturated heterocycles. The van der Waals surface area contributed by atoms with Crippen molar-refractivity contribution in [2.45, 2.75) is 30.7 Å². The Kier molecular flexibility index (Phi) is 5.83. The Balaban J connectivity index is 2.80. The molecule has 0 aromatic carbocycles. The summed E-state index contributed by atoms with van der Waals surface area (Å²) in [7, 11) is -11.6. The van der Waals surface area contributed by atoms with Crippen LogP contribution >= 0.6 is 15.6 Å². The average molecular weight is 337 g/mol. The first-order chi connectivity index (χ1) is 8.97. The molecule has 1 aliphatic rings. The number of ether oxygens (including phenoxy) is 1. The quantitative estimate of drug-likeness (QED) is 0.347. The Hall–Kier alpha value is 0.0600. The van der Waals surface area contributed by atoms with E-state index in [1.807, 2.05) is 0 Å². The van der Waals surface area contributed by atoms with Crippen LogP contribution in [0.5, 0.6) is 0 Å². The second-order valence-electron chi connectivity index (χ2n) is 3.78. The van der Waals surface area contributed by atoms with E-state index in [1.54, 1.807) is 0 Å². The summed E-state index contributed by atoms with van der Waals surface area (Å²) in [6.45, 7) is -0.865. The van der Waals surface area contributed by atoms with Crippen molar-refractivity contribution >= 4 is 15.6 Å². The summed E-state index contributed by atoms with van der Waals surface area (Å²) in [4.78, 5) is 31.4. The summed E-state index contributed by atoms with van der Waals surface area (Å²) >= 11 is 0. The summed E-state index contributed by atoms with van der Waals surface area (Å²) < 4.78 is 32.9. The van der Waals surface area contributed by atoms with Crippen LogP contribution in [-0.2, 0) is 22.7 Å². The Morgan fingerprint density at radius 2 is 1.60 bits per heavy atom. The molecule has 120 valence electrons. The molecule has 2 unspecified atom stereocenters. The minimum Gasteiger partial charge on any atom is -0.790 e. The van der Waals surface area contributed by atoms with Gasteiger partial charge in [-0.15, -0.1) is 0 Å². The lowest BCUT2D eigenvalue weighted by Crippen LogP contribution is -2.59. The highest BCUT2D eigenvalue weighted by atomic mass is 31.3. The third kappa shape index (κ3) is 4.81. The molecular formula is C6H11O12P2-3. The number of aliphatic hydroxyl groups excluding tert-OH is 4. The van der Waals surface area contributed by atoms with Gasteiger partial charge in [-0.3, -0.25) is 13.4 Å². The summed E-state index contributed by atoms with van der Waals surface area (Å²) in [6.07, 6.45) is -9.48. The van der Waals surface area contributed by atoms with Crippen LogP contribution < -0.4 is 14.7 Å². The number of phosphoric acid groups is 2. The summed E-state index contributed by atoms with van der Waals surface area (Å²) in [5.41, 5.74) is 0. The maximum atomic E-state index is 11.1. The van der Waals surface area contributed by atoms with Crippen LogP contribution in [0.4, 0.5) is 0 Å². The smallest absolute Gasteiger partial charge is 0.274 e. The molecule has 14 heteroatoms. The van der Waals surface area contributed by atoms with Crippen molar-refractivity contribution in [2.24, 2.45) is 0 Å². The molecule has 4 N–H and O–H groups in total. The normalized spacial score (nSPS) is 38.5. The summed E-state index contributed by atoms with van der Waals surface area (Å²) in [6, 6.07) is 0. The zero-order valence-electron chi connectivity index (χ0n) is 9.54. The van der Waals surface area contributed by atoms with E-state index in [0.717, 1.165) is 0 Å². The molecule has 0 aliphatic carbocycles. The van der Waals surface area contributed by atoms with Crippen molar-refractivity contribution in [3.63, 3.8) is 0 Å². The van der Waals surface area contributed by atoms with Crippen LogP contribution in [0, 0.1) is 0 Å². The molecule has 1 heterocycles. The van der Waals surface area contributed by atoms with Crippen LogP contribution in [-0.4, -0.2) is 57.7 Å². The van der Waals surface area contributed by atoms with Gasteiger partial charge >= 0.3 is 0 Å². The maximum absolute atomic E-state index is 11.1. The van der Waals surface area contributed by atoms with Gasteiger partial charge in [0, 0.05) is 0 Å². The zero-order chi connectivity index (χ0) is 15.7. The van der Waals surface area contributed by atoms with E-state index in [4.69, 9.17) is 5.11 Å². The standard InChI is InChI=1S/C6H14O12P2/c7-1-2-3(8)4(9)5(10)6(16-2)17-20(14,15)18-19(11,12)13/h2-10H,1H2,(H,14,15)(H2,11,12,13)/p-3/t2-,3?,4+,5-,6-/m1/s1. The number of aliphatic hydroxyl groups is 4. The fourth-order valence-electron chi connectivity index (χ4n) is 1.42. The van der Waals surface area contributed by atoms with E-state index in [1.165, 1.54) is 0 Å². The Labute approximate surface area is 112 Å². The van der Waals surface area contributed by atoms with Gasteiger partial charge in [-0.2, -0.15) is 0 Å². The molecule has 12 nitrogen and oxygen atoms in total. The molecule has 0 aromatic heterocycles. The van der Waals surface area contributed by atoms with Gasteiger partial charge in [-0.1, -0.05) is 0 Å². The summed E-state index contributed by atoms with van der Waals surface area (Å²) in [5.74, 6) is 0. The molecule has 0 amide bonds. The summed E-state index contributed by atoms with van der Waals surface area (Å²) in [5, 5.41) is 36.9. The van der Waals surface area contributed by atoms with Gasteiger partial charge < -0.3 is 44.4 Å². The third-order valence-corrected chi connectivity index (χ3v) is 4.35. The lowest BCUT2D eigenvalue weighted by Gasteiger charge is -2.42. The lowest BCUT2D eigenvalue weighted by molar-refractivity contribution is -0.344. The third-order valence-electron chi connectivity index (χ3n) is 2.28. The van der Waals surface area contributed by atoms with Gasteiger partial charge in [0.1, 0.15) is 24.4 Å². The van der Waals surface area contributed by atoms with Crippen molar-refractivity contribution in [2.75, 3.05) is 6.61 Å². The fourth-order valence-corrected chi connectivity index (χ4v) is 2.99. The topological polar surface area (TPSA) is 212 Å².